The van der Waals surface area contributed by atoms with Gasteiger partial charge in [0, 0.05) is 12.1 Å². The maximum atomic E-state index is 12.6. The molecule has 4 heteroatoms. The Morgan fingerprint density at radius 3 is 2.89 bits per heavy atom. The van der Waals surface area contributed by atoms with Crippen molar-refractivity contribution in [2.75, 3.05) is 0 Å². The Morgan fingerprint density at radius 2 is 2.16 bits per heavy atom. The molecule has 1 saturated heterocycles. The molecule has 2 bridgehead atoms. The SMILES string of the molecule is Cc1cccc(CS(=O)(=O)N2[C@H]3CC=C[C@H]2CC3)c1. The van der Waals surface area contributed by atoms with Gasteiger partial charge in [0.1, 0.15) is 0 Å². The summed E-state index contributed by atoms with van der Waals surface area (Å²) in [7, 11) is -3.21. The summed E-state index contributed by atoms with van der Waals surface area (Å²) in [5.41, 5.74) is 1.99. The van der Waals surface area contributed by atoms with Crippen LogP contribution in [0.2, 0.25) is 0 Å². The molecule has 1 aromatic carbocycles. The van der Waals surface area contributed by atoms with Crippen molar-refractivity contribution < 1.29 is 8.42 Å². The van der Waals surface area contributed by atoms with Crippen LogP contribution in [0.3, 0.4) is 0 Å². The lowest BCUT2D eigenvalue weighted by atomic mass is 10.2. The van der Waals surface area contributed by atoms with E-state index in [-0.39, 0.29) is 17.8 Å². The summed E-state index contributed by atoms with van der Waals surface area (Å²) in [4.78, 5) is 0. The first-order valence-electron chi connectivity index (χ1n) is 6.80. The molecule has 2 heterocycles. The van der Waals surface area contributed by atoms with Crippen molar-refractivity contribution in [2.24, 2.45) is 0 Å². The maximum Gasteiger partial charge on any atom is 0.219 e. The van der Waals surface area contributed by atoms with Gasteiger partial charge in [-0.1, -0.05) is 42.0 Å². The molecule has 0 saturated carbocycles. The molecule has 1 aromatic rings. The fourth-order valence-corrected chi connectivity index (χ4v) is 5.19. The van der Waals surface area contributed by atoms with E-state index in [2.05, 4.69) is 12.2 Å². The van der Waals surface area contributed by atoms with Crippen LogP contribution in [0.4, 0.5) is 0 Å². The number of benzene rings is 1. The first-order valence-corrected chi connectivity index (χ1v) is 8.40. The van der Waals surface area contributed by atoms with Gasteiger partial charge in [-0.3, -0.25) is 0 Å². The third kappa shape index (κ3) is 2.47. The molecular weight excluding hydrogens is 258 g/mol. The van der Waals surface area contributed by atoms with E-state index in [0.29, 0.717) is 0 Å². The normalized spacial score (nSPS) is 26.8. The fourth-order valence-electron chi connectivity index (χ4n) is 3.20. The molecule has 0 radical (unpaired) electrons. The Hall–Kier alpha value is -1.13. The van der Waals surface area contributed by atoms with Crippen molar-refractivity contribution in [1.82, 2.24) is 4.31 Å². The number of nitrogens with zero attached hydrogens (tertiary/aromatic N) is 1. The highest BCUT2D eigenvalue weighted by molar-refractivity contribution is 7.88. The molecule has 0 N–H and O–H groups in total. The van der Waals surface area contributed by atoms with Crippen molar-refractivity contribution in [3.8, 4) is 0 Å². The number of fused-ring (bicyclic) bond motifs is 2. The number of hydrogen-bond donors (Lipinski definition) is 0. The van der Waals surface area contributed by atoms with Crippen LogP contribution < -0.4 is 0 Å². The summed E-state index contributed by atoms with van der Waals surface area (Å²) in [5.74, 6) is 0.121. The molecule has 0 spiro atoms. The van der Waals surface area contributed by atoms with E-state index in [0.717, 1.165) is 30.4 Å². The van der Waals surface area contributed by atoms with Crippen LogP contribution in [0, 0.1) is 6.92 Å². The lowest BCUT2D eigenvalue weighted by Gasteiger charge is -2.30. The van der Waals surface area contributed by atoms with E-state index in [1.54, 1.807) is 4.31 Å². The Kier molecular flexibility index (Phi) is 3.23. The number of sulfonamides is 1. The monoisotopic (exact) mass is 277 g/mol. The summed E-state index contributed by atoms with van der Waals surface area (Å²) < 4.78 is 27.0. The van der Waals surface area contributed by atoms with Gasteiger partial charge in [-0.05, 0) is 31.7 Å². The van der Waals surface area contributed by atoms with E-state index in [1.807, 2.05) is 31.2 Å². The summed E-state index contributed by atoms with van der Waals surface area (Å²) in [6.07, 6.45) is 7.00. The number of aryl methyl sites for hydroxylation is 1. The van der Waals surface area contributed by atoms with E-state index in [1.165, 1.54) is 0 Å². The highest BCUT2D eigenvalue weighted by atomic mass is 32.2. The van der Waals surface area contributed by atoms with Crippen LogP contribution in [0.15, 0.2) is 36.4 Å². The summed E-state index contributed by atoms with van der Waals surface area (Å²) in [5, 5.41) is 0. The molecular formula is C15H19NO2S. The van der Waals surface area contributed by atoms with Gasteiger partial charge in [-0.25, -0.2) is 8.42 Å². The Bertz CT molecular complexity index is 606. The smallest absolute Gasteiger partial charge is 0.212 e. The van der Waals surface area contributed by atoms with Gasteiger partial charge in [0.05, 0.1) is 5.75 Å². The van der Waals surface area contributed by atoms with Crippen molar-refractivity contribution in [3.05, 3.63) is 47.5 Å². The van der Waals surface area contributed by atoms with Crippen molar-refractivity contribution in [2.45, 2.75) is 44.0 Å². The average molecular weight is 277 g/mol. The van der Waals surface area contributed by atoms with Gasteiger partial charge >= 0.3 is 0 Å². The highest BCUT2D eigenvalue weighted by Crippen LogP contribution is 2.35. The molecule has 3 rings (SSSR count). The lowest BCUT2D eigenvalue weighted by Crippen LogP contribution is -2.42. The van der Waals surface area contributed by atoms with E-state index in [9.17, 15) is 8.42 Å². The van der Waals surface area contributed by atoms with Crippen molar-refractivity contribution in [1.29, 1.82) is 0 Å². The zero-order chi connectivity index (χ0) is 13.5. The molecule has 102 valence electrons. The maximum absolute atomic E-state index is 12.6. The van der Waals surface area contributed by atoms with Gasteiger partial charge in [-0.15, -0.1) is 0 Å². The largest absolute Gasteiger partial charge is 0.219 e. The lowest BCUT2D eigenvalue weighted by molar-refractivity contribution is 0.340. The predicted molar refractivity (Wildman–Crippen MR) is 76.2 cm³/mol. The highest BCUT2D eigenvalue weighted by Gasteiger charge is 2.41. The van der Waals surface area contributed by atoms with Gasteiger partial charge in [0.25, 0.3) is 0 Å². The van der Waals surface area contributed by atoms with Crippen LogP contribution in [-0.4, -0.2) is 24.8 Å². The summed E-state index contributed by atoms with van der Waals surface area (Å²) in [6, 6.07) is 8.04. The van der Waals surface area contributed by atoms with Gasteiger partial charge < -0.3 is 0 Å². The summed E-state index contributed by atoms with van der Waals surface area (Å²) in [6.45, 7) is 1.99. The second kappa shape index (κ2) is 4.76. The van der Waals surface area contributed by atoms with Crippen molar-refractivity contribution in [3.63, 3.8) is 0 Å². The Morgan fingerprint density at radius 1 is 1.32 bits per heavy atom. The minimum atomic E-state index is -3.21. The Labute approximate surface area is 115 Å². The minimum absolute atomic E-state index is 0.0913. The average Bonchev–Trinajstić information content (AvgIpc) is 2.61. The molecule has 1 fully saturated rings. The van der Waals surface area contributed by atoms with Crippen LogP contribution >= 0.6 is 0 Å². The first kappa shape index (κ1) is 12.9. The third-order valence-electron chi connectivity index (χ3n) is 4.00. The van der Waals surface area contributed by atoms with E-state index < -0.39 is 10.0 Å². The number of hydrogen-bond acceptors (Lipinski definition) is 2. The molecule has 0 aliphatic carbocycles. The van der Waals surface area contributed by atoms with Gasteiger partial charge in [0.2, 0.25) is 10.0 Å². The second-order valence-electron chi connectivity index (χ2n) is 5.54. The molecule has 0 amide bonds. The molecule has 3 nitrogen and oxygen atoms in total. The molecule has 19 heavy (non-hydrogen) atoms. The van der Waals surface area contributed by atoms with Gasteiger partial charge in [-0.2, -0.15) is 4.31 Å². The minimum Gasteiger partial charge on any atom is -0.212 e. The van der Waals surface area contributed by atoms with Crippen LogP contribution in [0.1, 0.15) is 30.4 Å². The van der Waals surface area contributed by atoms with Crippen LogP contribution in [-0.2, 0) is 15.8 Å². The van der Waals surface area contributed by atoms with Crippen LogP contribution in [0.25, 0.3) is 0 Å². The van der Waals surface area contributed by atoms with E-state index in [4.69, 9.17) is 0 Å². The third-order valence-corrected chi connectivity index (χ3v) is 5.91. The first-order chi connectivity index (χ1) is 9.06. The molecule has 0 aromatic heterocycles. The number of rotatable bonds is 3. The zero-order valence-corrected chi connectivity index (χ0v) is 11.9. The van der Waals surface area contributed by atoms with Gasteiger partial charge in [0.15, 0.2) is 0 Å². The Balaban J connectivity index is 1.86. The van der Waals surface area contributed by atoms with Crippen molar-refractivity contribution >= 4 is 10.0 Å². The fraction of sp³-hybridized carbons (Fsp3) is 0.467. The molecule has 2 aliphatic heterocycles. The quantitative estimate of drug-likeness (QED) is 0.796. The second-order valence-corrected chi connectivity index (χ2v) is 7.41. The summed E-state index contributed by atoms with van der Waals surface area (Å²) >= 11 is 0. The van der Waals surface area contributed by atoms with Crippen LogP contribution in [0.5, 0.6) is 0 Å². The standard InChI is InChI=1S/C15H19NO2S/c1-12-4-2-5-13(10-12)11-19(17,18)16-14-6-3-7-15(16)9-8-14/h2-6,10,14-15H,7-9,11H2,1H3/t14-,15-/m0/s1. The topological polar surface area (TPSA) is 37.4 Å². The van der Waals surface area contributed by atoms with E-state index >= 15 is 0 Å². The zero-order valence-electron chi connectivity index (χ0n) is 11.1. The molecule has 2 atom stereocenters. The predicted octanol–water partition coefficient (Wildman–Crippen LogP) is 2.62. The molecule has 0 unspecified atom stereocenters. The molecule has 2 aliphatic rings.